The molecule has 0 spiro atoms. The molecule has 3 radical (unpaired) electrons. The molecule has 2 N–H and O–H groups in total. The number of sulfonamides is 4. The molecule has 0 aliphatic heterocycles. The predicted octanol–water partition coefficient (Wildman–Crippen LogP) is 0.170. The zero-order chi connectivity index (χ0) is 25.4. The summed E-state index contributed by atoms with van der Waals surface area (Å²) >= 11 is 0. The number of halogens is 12. The third kappa shape index (κ3) is 9.83. The first kappa shape index (κ1) is 35.0. The summed E-state index contributed by atoms with van der Waals surface area (Å²) in [6.07, 6.45) is 0. The Kier molecular flexibility index (Phi) is 11.0. The molecule has 0 aromatic carbocycles. The van der Waals surface area contributed by atoms with Crippen LogP contribution in [0.5, 0.6) is 0 Å². The lowest BCUT2D eigenvalue weighted by Crippen LogP contribution is -2.45. The van der Waals surface area contributed by atoms with Gasteiger partial charge in [-0.15, -0.1) is 0 Å². The summed E-state index contributed by atoms with van der Waals surface area (Å²) in [6, 6.07) is 0. The second kappa shape index (κ2) is 9.72. The highest BCUT2D eigenvalue weighted by Crippen LogP contribution is 2.28. The van der Waals surface area contributed by atoms with Crippen LogP contribution >= 0.6 is 0 Å². The second-order valence-corrected chi connectivity index (χ2v) is 11.2. The van der Waals surface area contributed by atoms with E-state index in [2.05, 4.69) is 0 Å². The zero-order valence-corrected chi connectivity index (χ0v) is 17.4. The van der Waals surface area contributed by atoms with Crippen molar-refractivity contribution < 1.29 is 86.4 Å². The Hall–Kier alpha value is -0.588. The van der Waals surface area contributed by atoms with Crippen molar-refractivity contribution in [2.75, 3.05) is 0 Å². The van der Waals surface area contributed by atoms with Crippen molar-refractivity contribution >= 4 is 57.5 Å². The van der Waals surface area contributed by atoms with Crippen LogP contribution in [0.15, 0.2) is 0 Å². The Morgan fingerprint density at radius 1 is 0.355 bits per heavy atom. The smallest absolute Gasteiger partial charge is 0.202 e. The minimum atomic E-state index is -6.60. The predicted molar refractivity (Wildman–Crippen MR) is 71.9 cm³/mol. The van der Waals surface area contributed by atoms with Crippen molar-refractivity contribution in [3.05, 3.63) is 0 Å². The quantitative estimate of drug-likeness (QED) is 0.347. The van der Waals surface area contributed by atoms with Crippen molar-refractivity contribution in [1.82, 2.24) is 8.25 Å². The molecule has 0 saturated carbocycles. The molecule has 0 aliphatic carbocycles. The first-order valence-electron chi connectivity index (χ1n) is 5.23. The molecule has 0 rings (SSSR count). The van der Waals surface area contributed by atoms with Gasteiger partial charge in [0.1, 0.15) is 0 Å². The average Bonchev–Trinajstić information content (AvgIpc) is 2.30. The molecule has 0 unspecified atom stereocenters. The van der Waals surface area contributed by atoms with Gasteiger partial charge in [-0.1, -0.05) is 8.25 Å². The van der Waals surface area contributed by atoms with Gasteiger partial charge in [-0.05, 0) is 0 Å². The fourth-order valence-electron chi connectivity index (χ4n) is 0.478. The van der Waals surface area contributed by atoms with Crippen LogP contribution in [-0.2, 0) is 40.1 Å². The summed E-state index contributed by atoms with van der Waals surface area (Å²) in [6.45, 7) is 0. The van der Waals surface area contributed by atoms with E-state index in [0.717, 1.165) is 0 Å². The number of hydrogen-bond acceptors (Lipinski definition) is 8. The molecule has 0 fully saturated rings. The van der Waals surface area contributed by atoms with Crippen LogP contribution in [0.4, 0.5) is 52.7 Å². The van der Waals surface area contributed by atoms with E-state index in [4.69, 9.17) is 0 Å². The van der Waals surface area contributed by atoms with Gasteiger partial charge in [0.25, 0.3) is 0 Å². The van der Waals surface area contributed by atoms with Gasteiger partial charge in [-0.25, -0.2) is 33.7 Å². The Balaban J connectivity index is -0.000000490. The monoisotopic (exact) mass is 589 g/mol. The lowest BCUT2D eigenvalue weighted by Gasteiger charge is -2.11. The summed E-state index contributed by atoms with van der Waals surface area (Å²) in [5.41, 5.74) is -24.6. The Bertz CT molecular complexity index is 862. The van der Waals surface area contributed by atoms with Crippen molar-refractivity contribution in [3.8, 4) is 0 Å². The second-order valence-electron chi connectivity index (χ2n) is 3.96. The third-order valence-corrected chi connectivity index (χ3v) is 7.61. The van der Waals surface area contributed by atoms with Crippen LogP contribution in [0.25, 0.3) is 0 Å². The standard InChI is InChI=1S/2C2HF6NO4S2.Al/c2*3-1(4,5)14(10,11)9-15(12,13)2(6,7)8;/h2*9H;. The third-order valence-electron chi connectivity index (χ3n) is 1.66. The fourth-order valence-corrected chi connectivity index (χ4v) is 4.30. The number of nitrogens with one attached hydrogen (secondary N) is 2. The molecule has 0 bridgehead atoms. The lowest BCUT2D eigenvalue weighted by atomic mass is 11.6. The normalized spacial score (nSPS) is 14.8. The maximum atomic E-state index is 11.5. The Morgan fingerprint density at radius 2 is 0.452 bits per heavy atom. The maximum Gasteiger partial charge on any atom is 0.512 e. The van der Waals surface area contributed by atoms with Crippen molar-refractivity contribution in [1.29, 1.82) is 0 Å². The van der Waals surface area contributed by atoms with Gasteiger partial charge >= 0.3 is 62.1 Å². The topological polar surface area (TPSA) is 161 Å². The van der Waals surface area contributed by atoms with Gasteiger partial charge in [0.15, 0.2) is 0 Å². The maximum absolute atomic E-state index is 11.5. The number of rotatable bonds is 4. The lowest BCUT2D eigenvalue weighted by molar-refractivity contribution is -0.0487. The van der Waals surface area contributed by atoms with Gasteiger partial charge in [-0.3, -0.25) is 0 Å². The van der Waals surface area contributed by atoms with Gasteiger partial charge in [0, 0.05) is 17.4 Å². The highest BCUT2D eigenvalue weighted by atomic mass is 32.3. The van der Waals surface area contributed by atoms with E-state index in [1.165, 1.54) is 0 Å². The summed E-state index contributed by atoms with van der Waals surface area (Å²) in [7, 11) is -26.4. The Labute approximate surface area is 174 Å². The van der Waals surface area contributed by atoms with Gasteiger partial charge in [0.2, 0.25) is 0 Å². The molecule has 0 aromatic rings. The molecule has 0 aliphatic rings. The van der Waals surface area contributed by atoms with Crippen LogP contribution in [0, 0.1) is 0 Å². The fraction of sp³-hybridized carbons (Fsp3) is 1.00. The van der Waals surface area contributed by atoms with E-state index in [9.17, 15) is 86.4 Å². The van der Waals surface area contributed by atoms with Gasteiger partial charge in [0.05, 0.1) is 0 Å². The number of hydrogen-bond donors (Lipinski definition) is 2. The summed E-state index contributed by atoms with van der Waals surface area (Å²) < 4.78 is 217. The highest BCUT2D eigenvalue weighted by Gasteiger charge is 2.56. The van der Waals surface area contributed by atoms with Crippen LogP contribution in [0.2, 0.25) is 0 Å². The molecule has 0 saturated heterocycles. The zero-order valence-electron chi connectivity index (χ0n) is 13.0. The van der Waals surface area contributed by atoms with Crippen LogP contribution < -0.4 is 8.25 Å². The molecular weight excluding hydrogens is 587 g/mol. The summed E-state index contributed by atoms with van der Waals surface area (Å²) in [5, 5.41) is 0. The molecule has 0 amide bonds. The summed E-state index contributed by atoms with van der Waals surface area (Å²) in [5.74, 6) is 0. The highest BCUT2D eigenvalue weighted by molar-refractivity contribution is 8.06. The van der Waals surface area contributed by atoms with E-state index >= 15 is 0 Å². The van der Waals surface area contributed by atoms with E-state index < -0.39 is 70.4 Å². The molecular formula is C4H2AlF12N2O8S4. The van der Waals surface area contributed by atoms with Crippen molar-refractivity contribution in [2.24, 2.45) is 0 Å². The van der Waals surface area contributed by atoms with Crippen molar-refractivity contribution in [3.63, 3.8) is 0 Å². The number of alkyl halides is 12. The van der Waals surface area contributed by atoms with E-state index in [1.54, 1.807) is 0 Å². The molecule has 31 heavy (non-hydrogen) atoms. The SMILES string of the molecule is O=S(=O)(NS(=O)(=O)C(F)(F)F)C(F)(F)F.O=S(=O)(NS(=O)(=O)C(F)(F)F)C(F)(F)F.[Al]. The van der Waals surface area contributed by atoms with E-state index in [1.807, 2.05) is 0 Å². The molecule has 27 heteroatoms. The van der Waals surface area contributed by atoms with Crippen molar-refractivity contribution in [2.45, 2.75) is 22.0 Å². The van der Waals surface area contributed by atoms with Crippen LogP contribution in [-0.4, -0.2) is 73.1 Å². The van der Waals surface area contributed by atoms with Crippen LogP contribution in [0.3, 0.4) is 0 Å². The van der Waals surface area contributed by atoms with Gasteiger partial charge < -0.3 is 0 Å². The Morgan fingerprint density at radius 3 is 0.516 bits per heavy atom. The molecule has 187 valence electrons. The first-order valence-corrected chi connectivity index (χ1v) is 11.2. The van der Waals surface area contributed by atoms with Crippen LogP contribution in [0.1, 0.15) is 0 Å². The molecule has 0 heterocycles. The van der Waals surface area contributed by atoms with E-state index in [0.29, 0.717) is 0 Å². The van der Waals surface area contributed by atoms with Gasteiger partial charge in [-0.2, -0.15) is 52.7 Å². The minimum Gasteiger partial charge on any atom is -0.202 e. The molecule has 0 aromatic heterocycles. The largest absolute Gasteiger partial charge is 0.512 e. The molecule has 0 atom stereocenters. The van der Waals surface area contributed by atoms with E-state index in [-0.39, 0.29) is 17.4 Å². The molecule has 10 nitrogen and oxygen atoms in total. The summed E-state index contributed by atoms with van der Waals surface area (Å²) in [4.78, 5) is 0. The minimum absolute atomic E-state index is 0. The average molecular weight is 589 g/mol. The first-order chi connectivity index (χ1) is 12.4.